The van der Waals surface area contributed by atoms with Crippen LogP contribution in [0.5, 0.6) is 0 Å². The van der Waals surface area contributed by atoms with Crippen LogP contribution in [0.25, 0.3) is 0 Å². The maximum Gasteiger partial charge on any atom is 0.222 e. The predicted molar refractivity (Wildman–Crippen MR) is 108 cm³/mol. The van der Waals surface area contributed by atoms with Crippen LogP contribution in [0.1, 0.15) is 86.0 Å². The first-order chi connectivity index (χ1) is 12.2. The monoisotopic (exact) mass is 357 g/mol. The van der Waals surface area contributed by atoms with Crippen molar-refractivity contribution in [3.05, 3.63) is 11.1 Å². The lowest BCUT2D eigenvalue weighted by Crippen LogP contribution is -2.63. The molecule has 26 heavy (non-hydrogen) atoms. The van der Waals surface area contributed by atoms with Gasteiger partial charge < -0.3 is 4.90 Å². The van der Waals surface area contributed by atoms with Crippen molar-refractivity contribution in [1.29, 1.82) is 0 Å². The Bertz CT molecular complexity index is 636. The third-order valence-electron chi connectivity index (χ3n) is 9.76. The summed E-state index contributed by atoms with van der Waals surface area (Å²) < 4.78 is 0. The Morgan fingerprint density at radius 3 is 2.58 bits per heavy atom. The highest BCUT2D eigenvalue weighted by Gasteiger charge is 2.61. The van der Waals surface area contributed by atoms with Crippen LogP contribution in [-0.2, 0) is 4.79 Å². The van der Waals surface area contributed by atoms with E-state index in [0.717, 1.165) is 36.5 Å². The van der Waals surface area contributed by atoms with Crippen molar-refractivity contribution in [3.63, 3.8) is 0 Å². The second-order valence-corrected chi connectivity index (χ2v) is 10.6. The van der Waals surface area contributed by atoms with Gasteiger partial charge >= 0.3 is 0 Å². The maximum absolute atomic E-state index is 12.4. The third-order valence-corrected chi connectivity index (χ3v) is 9.76. The van der Waals surface area contributed by atoms with Crippen molar-refractivity contribution in [3.8, 4) is 0 Å². The SMILES string of the molecule is CCC(C)=C1CC[C@H]2[C@@H]3C(C)C[C@H]4N(C)C(=O)CC[C@]4(C)[C@H]3CC[C@]12C. The van der Waals surface area contributed by atoms with Crippen LogP contribution in [-0.4, -0.2) is 23.9 Å². The number of amides is 1. The summed E-state index contributed by atoms with van der Waals surface area (Å²) in [6, 6.07) is 0.471. The Morgan fingerprint density at radius 1 is 1.15 bits per heavy atom. The van der Waals surface area contributed by atoms with Gasteiger partial charge in [-0.15, -0.1) is 0 Å². The van der Waals surface area contributed by atoms with Crippen molar-refractivity contribution in [2.45, 2.75) is 92.0 Å². The Hall–Kier alpha value is -0.790. The number of fused-ring (bicyclic) bond motifs is 5. The number of allylic oxidation sites excluding steroid dienone is 2. The normalized spacial score (nSPS) is 50.2. The molecule has 1 heterocycles. The number of hydrogen-bond donors (Lipinski definition) is 0. The molecule has 2 nitrogen and oxygen atoms in total. The van der Waals surface area contributed by atoms with E-state index in [2.05, 4.69) is 46.6 Å². The zero-order valence-electron chi connectivity index (χ0n) is 17.9. The van der Waals surface area contributed by atoms with Crippen LogP contribution in [0.15, 0.2) is 11.1 Å². The van der Waals surface area contributed by atoms with E-state index >= 15 is 0 Å². The Labute approximate surface area is 160 Å². The average Bonchev–Trinajstić information content (AvgIpc) is 2.97. The molecule has 3 aliphatic carbocycles. The van der Waals surface area contributed by atoms with Crippen molar-refractivity contribution in [2.75, 3.05) is 7.05 Å². The Morgan fingerprint density at radius 2 is 1.88 bits per heavy atom. The van der Waals surface area contributed by atoms with Gasteiger partial charge in [-0.25, -0.2) is 0 Å². The fourth-order valence-electron chi connectivity index (χ4n) is 8.19. The standard InChI is InChI=1S/C24H39NO/c1-7-15(2)17-8-9-18-22-16(3)14-20-24(5,13-11-21(26)25(20)6)19(22)10-12-23(17,18)4/h16,18-20,22H,7-14H2,1-6H3/t16?,18-,19-,20+,22-,23+,24+/m0/s1. The third kappa shape index (κ3) is 2.32. The minimum absolute atomic E-state index is 0.341. The molecular formula is C24H39NO. The minimum atomic E-state index is 0.341. The first kappa shape index (κ1) is 18.6. The molecule has 1 aliphatic heterocycles. The first-order valence-corrected chi connectivity index (χ1v) is 11.2. The van der Waals surface area contributed by atoms with E-state index in [1.54, 1.807) is 5.57 Å². The van der Waals surface area contributed by atoms with Gasteiger partial charge in [0.2, 0.25) is 5.91 Å². The molecule has 1 amide bonds. The summed E-state index contributed by atoms with van der Waals surface area (Å²) in [7, 11) is 2.07. The zero-order chi connectivity index (χ0) is 18.9. The van der Waals surface area contributed by atoms with Crippen LogP contribution in [0.4, 0.5) is 0 Å². The number of rotatable bonds is 1. The van der Waals surface area contributed by atoms with Crippen LogP contribution in [0.2, 0.25) is 0 Å². The van der Waals surface area contributed by atoms with Crippen molar-refractivity contribution < 1.29 is 4.79 Å². The molecule has 4 rings (SSSR count). The van der Waals surface area contributed by atoms with Gasteiger partial charge in [0, 0.05) is 19.5 Å². The van der Waals surface area contributed by atoms with Gasteiger partial charge in [0.25, 0.3) is 0 Å². The molecule has 4 fully saturated rings. The molecule has 0 radical (unpaired) electrons. The summed E-state index contributed by atoms with van der Waals surface area (Å²) in [6.07, 6.45) is 9.82. The Balaban J connectivity index is 1.71. The van der Waals surface area contributed by atoms with E-state index in [9.17, 15) is 4.79 Å². The van der Waals surface area contributed by atoms with Gasteiger partial charge in [0.15, 0.2) is 0 Å². The van der Waals surface area contributed by atoms with Gasteiger partial charge in [0.1, 0.15) is 0 Å². The molecule has 3 saturated carbocycles. The van der Waals surface area contributed by atoms with Gasteiger partial charge in [-0.05, 0) is 86.4 Å². The molecule has 0 aromatic carbocycles. The van der Waals surface area contributed by atoms with E-state index < -0.39 is 0 Å². The van der Waals surface area contributed by atoms with Crippen molar-refractivity contribution in [2.24, 2.45) is 34.5 Å². The summed E-state index contributed by atoms with van der Waals surface area (Å²) in [5.74, 6) is 3.67. The fraction of sp³-hybridized carbons (Fsp3) is 0.875. The summed E-state index contributed by atoms with van der Waals surface area (Å²) in [6.45, 7) is 12.4. The van der Waals surface area contributed by atoms with Crippen LogP contribution in [0.3, 0.4) is 0 Å². The molecule has 0 spiro atoms. The molecular weight excluding hydrogens is 318 g/mol. The second kappa shape index (κ2) is 6.11. The number of nitrogens with zero attached hydrogens (tertiary/aromatic N) is 1. The predicted octanol–water partition coefficient (Wildman–Crippen LogP) is 5.82. The zero-order valence-corrected chi connectivity index (χ0v) is 17.9. The molecule has 1 saturated heterocycles. The first-order valence-electron chi connectivity index (χ1n) is 11.2. The maximum atomic E-state index is 12.4. The minimum Gasteiger partial charge on any atom is -0.342 e. The average molecular weight is 358 g/mol. The number of piperidine rings is 1. The number of likely N-dealkylation sites (tertiary alicyclic amines) is 1. The molecule has 1 unspecified atom stereocenters. The highest BCUT2D eigenvalue weighted by Crippen LogP contribution is 2.67. The second-order valence-electron chi connectivity index (χ2n) is 10.6. The quantitative estimate of drug-likeness (QED) is 0.541. The van der Waals surface area contributed by atoms with E-state index in [4.69, 9.17) is 0 Å². The highest BCUT2D eigenvalue weighted by atomic mass is 16.2. The lowest BCUT2D eigenvalue weighted by molar-refractivity contribution is -0.163. The van der Waals surface area contributed by atoms with Gasteiger partial charge in [-0.2, -0.15) is 0 Å². The summed E-state index contributed by atoms with van der Waals surface area (Å²) in [5, 5.41) is 0. The van der Waals surface area contributed by atoms with Crippen molar-refractivity contribution >= 4 is 5.91 Å². The van der Waals surface area contributed by atoms with E-state index in [1.807, 2.05) is 5.57 Å². The topological polar surface area (TPSA) is 20.3 Å². The van der Waals surface area contributed by atoms with Crippen LogP contribution < -0.4 is 0 Å². The fourth-order valence-corrected chi connectivity index (χ4v) is 8.19. The Kier molecular flexibility index (Phi) is 4.36. The molecule has 7 atom stereocenters. The summed E-state index contributed by atoms with van der Waals surface area (Å²) in [4.78, 5) is 14.5. The molecule has 0 aromatic heterocycles. The van der Waals surface area contributed by atoms with E-state index in [0.29, 0.717) is 22.8 Å². The van der Waals surface area contributed by atoms with Gasteiger partial charge in [-0.3, -0.25) is 4.79 Å². The molecule has 2 heteroatoms. The molecule has 0 bridgehead atoms. The van der Waals surface area contributed by atoms with E-state index in [-0.39, 0.29) is 0 Å². The van der Waals surface area contributed by atoms with Crippen molar-refractivity contribution in [1.82, 2.24) is 4.90 Å². The number of carbonyl (C=O) groups is 1. The summed E-state index contributed by atoms with van der Waals surface area (Å²) in [5.41, 5.74) is 4.28. The number of hydrogen-bond acceptors (Lipinski definition) is 1. The lowest BCUT2D eigenvalue weighted by Gasteiger charge is -2.63. The largest absolute Gasteiger partial charge is 0.342 e. The van der Waals surface area contributed by atoms with Crippen LogP contribution >= 0.6 is 0 Å². The van der Waals surface area contributed by atoms with Gasteiger partial charge in [0.05, 0.1) is 0 Å². The van der Waals surface area contributed by atoms with Gasteiger partial charge in [-0.1, -0.05) is 38.8 Å². The van der Waals surface area contributed by atoms with Crippen LogP contribution in [0, 0.1) is 34.5 Å². The summed E-state index contributed by atoms with van der Waals surface area (Å²) >= 11 is 0. The lowest BCUT2D eigenvalue weighted by atomic mass is 9.45. The number of carbonyl (C=O) groups excluding carboxylic acids is 1. The molecule has 0 N–H and O–H groups in total. The molecule has 4 aliphatic rings. The smallest absolute Gasteiger partial charge is 0.222 e. The van der Waals surface area contributed by atoms with E-state index in [1.165, 1.54) is 38.5 Å². The molecule has 0 aromatic rings. The highest BCUT2D eigenvalue weighted by molar-refractivity contribution is 5.77. The molecule has 146 valence electrons.